The molecule has 1 aromatic carbocycles. The third-order valence-electron chi connectivity index (χ3n) is 4.01. The minimum absolute atomic E-state index is 0.119. The minimum Gasteiger partial charge on any atom is -0.444 e. The maximum absolute atomic E-state index is 12.3. The van der Waals surface area contributed by atoms with Gasteiger partial charge in [0.25, 0.3) is 0 Å². The Balaban J connectivity index is 2.26. The van der Waals surface area contributed by atoms with Crippen molar-refractivity contribution < 1.29 is 19.1 Å². The molecule has 0 saturated heterocycles. The second-order valence-corrected chi connectivity index (χ2v) is 8.95. The zero-order valence-electron chi connectivity index (χ0n) is 18.4. The van der Waals surface area contributed by atoms with Crippen molar-refractivity contribution in [2.75, 3.05) is 18.9 Å². The summed E-state index contributed by atoms with van der Waals surface area (Å²) in [5.41, 5.74) is 1.97. The van der Waals surface area contributed by atoms with Crippen LogP contribution in [0, 0.1) is 0 Å². The monoisotopic (exact) mass is 404 g/mol. The third kappa shape index (κ3) is 7.29. The summed E-state index contributed by atoms with van der Waals surface area (Å²) in [6.07, 6.45) is -0.671. The molecule has 8 nitrogen and oxygen atoms in total. The molecule has 0 bridgehead atoms. The van der Waals surface area contributed by atoms with Crippen LogP contribution in [-0.2, 0) is 22.4 Å². The predicted octanol–water partition coefficient (Wildman–Crippen LogP) is 3.90. The van der Waals surface area contributed by atoms with E-state index in [9.17, 15) is 9.59 Å². The van der Waals surface area contributed by atoms with Crippen LogP contribution < -0.4 is 10.6 Å². The molecule has 1 aromatic rings. The highest BCUT2D eigenvalue weighted by Gasteiger charge is 2.26. The maximum atomic E-state index is 12.3. The molecule has 0 spiro atoms. The van der Waals surface area contributed by atoms with Crippen molar-refractivity contribution in [2.45, 2.75) is 65.7 Å². The van der Waals surface area contributed by atoms with Crippen LogP contribution in [0.2, 0.25) is 0 Å². The third-order valence-corrected chi connectivity index (χ3v) is 4.01. The number of alkyl carbamates (subject to hydrolysis) is 1. The fourth-order valence-corrected chi connectivity index (χ4v) is 2.84. The van der Waals surface area contributed by atoms with E-state index >= 15 is 0 Å². The van der Waals surface area contributed by atoms with Gasteiger partial charge in [0.1, 0.15) is 11.2 Å². The van der Waals surface area contributed by atoms with Gasteiger partial charge in [-0.15, -0.1) is 4.99 Å². The number of fused-ring (bicyclic) bond motifs is 1. The fraction of sp³-hybridized carbons (Fsp3) is 0.571. The number of ether oxygens (including phenoxy) is 2. The van der Waals surface area contributed by atoms with Gasteiger partial charge in [0.15, 0.2) is 0 Å². The largest absolute Gasteiger partial charge is 0.444 e. The number of benzene rings is 1. The van der Waals surface area contributed by atoms with Crippen molar-refractivity contribution >= 4 is 23.8 Å². The van der Waals surface area contributed by atoms with E-state index in [0.29, 0.717) is 13.1 Å². The first-order valence-corrected chi connectivity index (χ1v) is 9.72. The molecule has 0 unspecified atom stereocenters. The van der Waals surface area contributed by atoms with E-state index in [1.54, 1.807) is 41.5 Å². The van der Waals surface area contributed by atoms with E-state index < -0.39 is 23.4 Å². The van der Waals surface area contributed by atoms with Crippen molar-refractivity contribution in [1.82, 2.24) is 10.2 Å². The number of carbonyl (C=O) groups is 2. The Morgan fingerprint density at radius 2 is 1.69 bits per heavy atom. The van der Waals surface area contributed by atoms with Gasteiger partial charge in [0.05, 0.1) is 0 Å². The maximum Gasteiger partial charge on any atom is 0.437 e. The lowest BCUT2D eigenvalue weighted by Crippen LogP contribution is -2.48. The van der Waals surface area contributed by atoms with E-state index in [1.165, 1.54) is 5.56 Å². The molecule has 1 aliphatic rings. The number of amides is 2. The van der Waals surface area contributed by atoms with Gasteiger partial charge in [0, 0.05) is 25.8 Å². The summed E-state index contributed by atoms with van der Waals surface area (Å²) >= 11 is 0. The Morgan fingerprint density at radius 1 is 1.03 bits per heavy atom. The molecule has 2 amide bonds. The smallest absolute Gasteiger partial charge is 0.437 e. The summed E-state index contributed by atoms with van der Waals surface area (Å²) in [5, 5.41) is 5.74. The van der Waals surface area contributed by atoms with Gasteiger partial charge in [-0.25, -0.2) is 9.59 Å². The standard InChI is InChI=1S/C21H32N4O4/c1-20(2,3)28-18(26)23-17(24-19(27)29-21(4,5)6)25-11-10-14-8-9-16(22-7)12-15(14)13-25/h8-9,12,22H,10-11,13H2,1-7H3,(H,23,24,26,27). The molecule has 0 radical (unpaired) electrons. The first-order chi connectivity index (χ1) is 13.4. The van der Waals surface area contributed by atoms with Crippen molar-refractivity contribution in [1.29, 1.82) is 0 Å². The van der Waals surface area contributed by atoms with Crippen LogP contribution in [0.4, 0.5) is 15.3 Å². The van der Waals surface area contributed by atoms with Crippen LogP contribution in [0.1, 0.15) is 52.7 Å². The first kappa shape index (κ1) is 22.5. The van der Waals surface area contributed by atoms with E-state index in [4.69, 9.17) is 9.47 Å². The van der Waals surface area contributed by atoms with Crippen LogP contribution in [0.15, 0.2) is 23.2 Å². The Labute approximate surface area is 172 Å². The lowest BCUT2D eigenvalue weighted by Gasteiger charge is -2.32. The molecule has 1 heterocycles. The van der Waals surface area contributed by atoms with Crippen LogP contribution in [-0.4, -0.2) is 47.8 Å². The van der Waals surface area contributed by atoms with E-state index in [-0.39, 0.29) is 5.96 Å². The van der Waals surface area contributed by atoms with Crippen molar-refractivity contribution in [3.8, 4) is 0 Å². The molecule has 2 N–H and O–H groups in total. The first-order valence-electron chi connectivity index (χ1n) is 9.72. The molecule has 0 aliphatic carbocycles. The lowest BCUT2D eigenvalue weighted by atomic mass is 9.99. The summed E-state index contributed by atoms with van der Waals surface area (Å²) in [6, 6.07) is 6.17. The average molecular weight is 405 g/mol. The fourth-order valence-electron chi connectivity index (χ4n) is 2.84. The zero-order chi connectivity index (χ0) is 21.8. The van der Waals surface area contributed by atoms with Gasteiger partial charge < -0.3 is 19.7 Å². The Kier molecular flexibility index (Phi) is 6.77. The van der Waals surface area contributed by atoms with Crippen molar-refractivity contribution in [2.24, 2.45) is 4.99 Å². The molecule has 8 heteroatoms. The Hall–Kier alpha value is -2.77. The highest BCUT2D eigenvalue weighted by Crippen LogP contribution is 2.23. The van der Waals surface area contributed by atoms with Crippen LogP contribution in [0.5, 0.6) is 0 Å². The summed E-state index contributed by atoms with van der Waals surface area (Å²) in [4.78, 5) is 30.5. The number of carbonyl (C=O) groups excluding carboxylic acids is 2. The molecule has 0 atom stereocenters. The van der Waals surface area contributed by atoms with Crippen LogP contribution in [0.3, 0.4) is 0 Å². The van der Waals surface area contributed by atoms with E-state index in [0.717, 1.165) is 17.7 Å². The molecule has 29 heavy (non-hydrogen) atoms. The summed E-state index contributed by atoms with van der Waals surface area (Å²) in [7, 11) is 1.86. The number of anilines is 1. The molecule has 1 aliphatic heterocycles. The molecular formula is C21H32N4O4. The molecular weight excluding hydrogens is 372 g/mol. The molecule has 0 saturated carbocycles. The number of nitrogens with zero attached hydrogens (tertiary/aromatic N) is 2. The highest BCUT2D eigenvalue weighted by molar-refractivity contribution is 5.99. The SMILES string of the molecule is CNc1ccc2c(c1)CN(/C(=N\C(=O)OC(C)(C)C)NC(=O)OC(C)(C)C)CC2. The molecule has 160 valence electrons. The van der Waals surface area contributed by atoms with Crippen LogP contribution in [0.25, 0.3) is 0 Å². The Morgan fingerprint density at radius 3 is 2.28 bits per heavy atom. The highest BCUT2D eigenvalue weighted by atomic mass is 16.6. The van der Waals surface area contributed by atoms with Gasteiger partial charge in [0.2, 0.25) is 5.96 Å². The minimum atomic E-state index is -0.765. The second kappa shape index (κ2) is 8.71. The van der Waals surface area contributed by atoms with E-state index in [2.05, 4.69) is 27.8 Å². The summed E-state index contributed by atoms with van der Waals surface area (Å²) in [6.45, 7) is 11.7. The van der Waals surface area contributed by atoms with E-state index in [1.807, 2.05) is 18.0 Å². The molecule has 0 fully saturated rings. The summed E-state index contributed by atoms with van der Waals surface area (Å²) in [5.74, 6) is 0.119. The summed E-state index contributed by atoms with van der Waals surface area (Å²) < 4.78 is 10.6. The van der Waals surface area contributed by atoms with Crippen molar-refractivity contribution in [3.63, 3.8) is 0 Å². The van der Waals surface area contributed by atoms with Gasteiger partial charge in [-0.05, 0) is 71.2 Å². The topological polar surface area (TPSA) is 92.3 Å². The number of hydrogen-bond donors (Lipinski definition) is 2. The van der Waals surface area contributed by atoms with Crippen molar-refractivity contribution in [3.05, 3.63) is 29.3 Å². The van der Waals surface area contributed by atoms with Gasteiger partial charge in [-0.2, -0.15) is 0 Å². The normalized spacial score (nSPS) is 14.7. The molecule has 0 aromatic heterocycles. The zero-order valence-corrected chi connectivity index (χ0v) is 18.4. The van der Waals surface area contributed by atoms with Crippen LogP contribution >= 0.6 is 0 Å². The second-order valence-electron chi connectivity index (χ2n) is 8.95. The lowest BCUT2D eigenvalue weighted by molar-refractivity contribution is 0.0553. The number of rotatable bonds is 1. The number of guanidine groups is 1. The Bertz CT molecular complexity index is 791. The van der Waals surface area contributed by atoms with Gasteiger partial charge >= 0.3 is 12.2 Å². The van der Waals surface area contributed by atoms with Gasteiger partial charge in [-0.1, -0.05) is 6.07 Å². The van der Waals surface area contributed by atoms with Gasteiger partial charge in [-0.3, -0.25) is 5.32 Å². The average Bonchev–Trinajstić information content (AvgIpc) is 2.56. The quantitative estimate of drug-likeness (QED) is 0.545. The molecule has 2 rings (SSSR count). The predicted molar refractivity (Wildman–Crippen MR) is 113 cm³/mol. The number of hydrogen-bond acceptors (Lipinski definition) is 5. The number of nitrogens with one attached hydrogen (secondary N) is 2. The number of aliphatic imine (C=N–C) groups is 1.